The van der Waals surface area contributed by atoms with Crippen molar-refractivity contribution in [3.05, 3.63) is 176 Å². The first kappa shape index (κ1) is 42.8. The maximum atomic E-state index is 14.4. The second-order valence-electron chi connectivity index (χ2n) is 14.0. The lowest BCUT2D eigenvalue weighted by molar-refractivity contribution is -0.225. The number of aromatic nitrogens is 2. The van der Waals surface area contributed by atoms with Crippen LogP contribution in [0.3, 0.4) is 0 Å². The van der Waals surface area contributed by atoms with E-state index < -0.39 is 70.9 Å². The Labute approximate surface area is 336 Å². The molecule has 0 spiro atoms. The lowest BCUT2D eigenvalue weighted by Crippen LogP contribution is -2.64. The second-order valence-corrected chi connectivity index (χ2v) is 15.6. The number of hydrogen-bond acceptors (Lipinski definition) is 12. The van der Waals surface area contributed by atoms with Crippen LogP contribution in [0.15, 0.2) is 137 Å². The highest BCUT2D eigenvalue weighted by molar-refractivity contribution is 7.86. The van der Waals surface area contributed by atoms with Crippen molar-refractivity contribution in [1.29, 1.82) is 0 Å². The Balaban J connectivity index is 1.47. The van der Waals surface area contributed by atoms with Gasteiger partial charge in [-0.3, -0.25) is 13.5 Å². The van der Waals surface area contributed by atoms with Gasteiger partial charge in [-0.25, -0.2) is 9.36 Å². The molecule has 0 unspecified atom stereocenters. The molecule has 1 fully saturated rings. The predicted molar refractivity (Wildman–Crippen MR) is 213 cm³/mol. The zero-order valence-corrected chi connectivity index (χ0v) is 33.1. The fraction of sp³-hybridized carbons (Fsp3) is 0.349. The van der Waals surface area contributed by atoms with Crippen LogP contribution in [0, 0.1) is 6.92 Å². The van der Waals surface area contributed by atoms with E-state index in [2.05, 4.69) is 0 Å². The number of aliphatic hydroxyl groups is 2. The Kier molecular flexibility index (Phi) is 14.6. The first-order valence-electron chi connectivity index (χ1n) is 18.7. The molecular weight excluding hydrogens is 769 g/mol. The second kappa shape index (κ2) is 19.8. The van der Waals surface area contributed by atoms with E-state index in [1.807, 2.05) is 91.0 Å². The molecule has 58 heavy (non-hydrogen) atoms. The van der Waals surface area contributed by atoms with Crippen molar-refractivity contribution in [3.63, 3.8) is 0 Å². The fourth-order valence-corrected chi connectivity index (χ4v) is 7.55. The summed E-state index contributed by atoms with van der Waals surface area (Å²) in [5.41, 5.74) is -0.662. The van der Waals surface area contributed by atoms with Gasteiger partial charge in [-0.2, -0.15) is 8.42 Å². The van der Waals surface area contributed by atoms with Crippen LogP contribution in [0.2, 0.25) is 0 Å². The number of aliphatic hydroxyl groups excluding tert-OH is 2. The van der Waals surface area contributed by atoms with E-state index >= 15 is 0 Å². The number of ether oxygens (including phenoxy) is 5. The van der Waals surface area contributed by atoms with E-state index in [1.54, 1.807) is 30.3 Å². The van der Waals surface area contributed by atoms with Gasteiger partial charge in [0.2, 0.25) is 0 Å². The summed E-state index contributed by atoms with van der Waals surface area (Å²) in [4.78, 5) is 27.8. The molecule has 5 aromatic rings. The van der Waals surface area contributed by atoms with Gasteiger partial charge in [-0.1, -0.05) is 121 Å². The summed E-state index contributed by atoms with van der Waals surface area (Å²) >= 11 is 0. The Bertz CT molecular complexity index is 2280. The van der Waals surface area contributed by atoms with Crippen molar-refractivity contribution in [2.75, 3.05) is 19.5 Å². The highest BCUT2D eigenvalue weighted by atomic mass is 32.2. The van der Waals surface area contributed by atoms with E-state index in [4.69, 9.17) is 27.9 Å². The Morgan fingerprint density at radius 3 is 1.78 bits per heavy atom. The summed E-state index contributed by atoms with van der Waals surface area (Å²) in [5, 5.41) is 22.7. The number of benzene rings is 4. The Hall–Kier alpha value is -4.81. The lowest BCUT2D eigenvalue weighted by Gasteiger charge is -2.42. The molecule has 0 saturated carbocycles. The minimum absolute atomic E-state index is 0.0228. The molecular formula is C43H48N2O12S. The molecule has 1 saturated heterocycles. The number of aryl methyl sites for hydroxylation is 1. The summed E-state index contributed by atoms with van der Waals surface area (Å²) in [6.45, 7) is -0.0471. The molecule has 4 aromatic carbocycles. The number of rotatable bonds is 20. The van der Waals surface area contributed by atoms with Gasteiger partial charge < -0.3 is 33.9 Å². The first-order chi connectivity index (χ1) is 28.0. The van der Waals surface area contributed by atoms with Crippen LogP contribution in [0.1, 0.15) is 34.0 Å². The third kappa shape index (κ3) is 10.4. The van der Waals surface area contributed by atoms with Crippen LogP contribution < -0.4 is 11.2 Å². The average Bonchev–Trinajstić information content (AvgIpc) is 3.54. The number of hydrogen-bond donors (Lipinski definition) is 2. The number of nitrogens with zero attached hydrogens (tertiary/aromatic N) is 2. The van der Waals surface area contributed by atoms with Crippen molar-refractivity contribution < 1.29 is 46.5 Å². The van der Waals surface area contributed by atoms with E-state index in [9.17, 15) is 28.2 Å². The van der Waals surface area contributed by atoms with E-state index in [1.165, 1.54) is 13.1 Å². The van der Waals surface area contributed by atoms with Gasteiger partial charge in [0, 0.05) is 11.8 Å². The largest absolute Gasteiger partial charge is 0.394 e. The van der Waals surface area contributed by atoms with E-state index in [0.29, 0.717) is 5.56 Å². The minimum atomic E-state index is -4.42. The molecule has 2 heterocycles. The molecule has 0 radical (unpaired) electrons. The molecule has 1 aliphatic rings. The summed E-state index contributed by atoms with van der Waals surface area (Å²) < 4.78 is 65.9. The molecule has 308 valence electrons. The molecule has 14 nitrogen and oxygen atoms in total. The lowest BCUT2D eigenvalue weighted by atomic mass is 9.83. The molecule has 6 atom stereocenters. The monoisotopic (exact) mass is 816 g/mol. The predicted octanol–water partition coefficient (Wildman–Crippen LogP) is 3.85. The third-order valence-electron chi connectivity index (χ3n) is 9.75. The Morgan fingerprint density at radius 1 is 0.759 bits per heavy atom. The van der Waals surface area contributed by atoms with Gasteiger partial charge in [0.15, 0.2) is 17.9 Å². The van der Waals surface area contributed by atoms with Crippen LogP contribution in [0.5, 0.6) is 0 Å². The summed E-state index contributed by atoms with van der Waals surface area (Å²) in [7, 11) is -4.42. The molecule has 15 heteroatoms. The van der Waals surface area contributed by atoms with Crippen molar-refractivity contribution in [3.8, 4) is 0 Å². The maximum absolute atomic E-state index is 14.4. The van der Waals surface area contributed by atoms with Crippen LogP contribution in [-0.4, -0.2) is 77.3 Å². The molecule has 0 bridgehead atoms. The smallest absolute Gasteiger partial charge is 0.335 e. The standard InChI is InChI=1S/C43H48N2O12S/c1-31-23-44(42(49)45(40(31)48)30-53-26-33-17-9-4-10-18-33)41-39(57-58(2,50)51)43(37(47)24-46,55-28-35-21-13-6-14-22-35)38(56-41)36(54-27-34-19-11-5-12-20-34)29-52-25-32-15-7-3-8-16-32/h3-23,36-39,41,46-47H,24-30H2,1-2H3/t36-,37-,38-,39+,41-,43-/m1/s1. The molecule has 1 aromatic heterocycles. The van der Waals surface area contributed by atoms with Gasteiger partial charge in [-0.05, 0) is 29.2 Å². The summed E-state index contributed by atoms with van der Waals surface area (Å²) in [6, 6.07) is 36.7. The van der Waals surface area contributed by atoms with Gasteiger partial charge in [0.1, 0.15) is 25.0 Å². The average molecular weight is 817 g/mol. The maximum Gasteiger partial charge on any atom is 0.335 e. The normalized spacial score (nSPS) is 20.5. The van der Waals surface area contributed by atoms with Crippen LogP contribution >= 0.6 is 0 Å². The topological polar surface area (TPSA) is 174 Å². The van der Waals surface area contributed by atoms with E-state index in [-0.39, 0.29) is 38.6 Å². The van der Waals surface area contributed by atoms with Crippen molar-refractivity contribution in [2.45, 2.75) is 76.3 Å². The van der Waals surface area contributed by atoms with E-state index in [0.717, 1.165) is 32.1 Å². The molecule has 0 aliphatic carbocycles. The first-order valence-corrected chi connectivity index (χ1v) is 20.5. The highest BCUT2D eigenvalue weighted by Crippen LogP contribution is 2.47. The summed E-state index contributed by atoms with van der Waals surface area (Å²) in [5.74, 6) is 0. The van der Waals surface area contributed by atoms with Gasteiger partial charge in [-0.15, -0.1) is 0 Å². The van der Waals surface area contributed by atoms with Crippen LogP contribution in [-0.2, 0) is 71.1 Å². The molecule has 1 aliphatic heterocycles. The highest BCUT2D eigenvalue weighted by Gasteiger charge is 2.66. The SMILES string of the molecule is Cc1cn([C@@H]2O[C@H]([C@@H](COCc3ccccc3)OCc3ccccc3)[C@](OCc3ccccc3)([C@H](O)CO)[C@H]2OS(C)(=O)=O)c(=O)n(COCc2ccccc2)c1=O. The van der Waals surface area contributed by atoms with Crippen molar-refractivity contribution in [1.82, 2.24) is 9.13 Å². The zero-order valence-electron chi connectivity index (χ0n) is 32.2. The quantitative estimate of drug-likeness (QED) is 0.109. The molecule has 2 N–H and O–H groups in total. The van der Waals surface area contributed by atoms with Crippen molar-refractivity contribution >= 4 is 10.1 Å². The third-order valence-corrected chi connectivity index (χ3v) is 10.3. The minimum Gasteiger partial charge on any atom is -0.394 e. The zero-order chi connectivity index (χ0) is 41.1. The molecule has 6 rings (SSSR count). The van der Waals surface area contributed by atoms with Gasteiger partial charge in [0.25, 0.3) is 15.7 Å². The van der Waals surface area contributed by atoms with Gasteiger partial charge in [0.05, 0.1) is 45.9 Å². The van der Waals surface area contributed by atoms with Crippen LogP contribution in [0.4, 0.5) is 0 Å². The fourth-order valence-electron chi connectivity index (χ4n) is 6.93. The van der Waals surface area contributed by atoms with Crippen molar-refractivity contribution in [2.24, 2.45) is 0 Å². The molecule has 0 amide bonds. The Morgan fingerprint density at radius 2 is 1.26 bits per heavy atom. The van der Waals surface area contributed by atoms with Gasteiger partial charge >= 0.3 is 5.69 Å². The van der Waals surface area contributed by atoms with Crippen LogP contribution in [0.25, 0.3) is 0 Å². The summed E-state index contributed by atoms with van der Waals surface area (Å²) in [6.07, 6.45) is -5.99.